The highest BCUT2D eigenvalue weighted by atomic mass is 15.0. The van der Waals surface area contributed by atoms with E-state index in [0.717, 1.165) is 29.8 Å². The third kappa shape index (κ3) is 2.61. The molecule has 16 heavy (non-hydrogen) atoms. The second kappa shape index (κ2) is 5.53. The summed E-state index contributed by atoms with van der Waals surface area (Å²) in [5, 5.41) is 3.96. The molecule has 0 heterocycles. The van der Waals surface area contributed by atoms with Crippen molar-refractivity contribution in [1.82, 2.24) is 5.32 Å². The van der Waals surface area contributed by atoms with Crippen LogP contribution in [0.3, 0.4) is 0 Å². The van der Waals surface area contributed by atoms with Crippen LogP contribution >= 0.6 is 0 Å². The molecule has 2 rings (SSSR count). The topological polar surface area (TPSA) is 12.0 Å². The molecule has 0 spiro atoms. The van der Waals surface area contributed by atoms with Gasteiger partial charge in [0, 0.05) is 12.1 Å². The first-order valence-corrected chi connectivity index (χ1v) is 7.50. The monoisotopic (exact) mass is 223 g/mol. The van der Waals surface area contributed by atoms with E-state index in [1.165, 1.54) is 44.9 Å². The Kier molecular flexibility index (Phi) is 4.29. The van der Waals surface area contributed by atoms with Crippen LogP contribution in [0.15, 0.2) is 0 Å². The fraction of sp³-hybridized carbons (Fsp3) is 1.00. The summed E-state index contributed by atoms with van der Waals surface area (Å²) in [5.74, 6) is 2.91. The van der Waals surface area contributed by atoms with Crippen molar-refractivity contribution in [3.8, 4) is 0 Å². The lowest BCUT2D eigenvalue weighted by Gasteiger charge is -2.25. The van der Waals surface area contributed by atoms with Crippen LogP contribution in [-0.4, -0.2) is 12.1 Å². The van der Waals surface area contributed by atoms with Gasteiger partial charge in [0.25, 0.3) is 0 Å². The van der Waals surface area contributed by atoms with Gasteiger partial charge in [0.2, 0.25) is 0 Å². The minimum atomic E-state index is 0.825. The van der Waals surface area contributed by atoms with Gasteiger partial charge in [-0.25, -0.2) is 0 Å². The molecule has 1 nitrogen and oxygen atoms in total. The zero-order chi connectivity index (χ0) is 11.5. The molecule has 0 amide bonds. The molecule has 0 aromatic carbocycles. The van der Waals surface area contributed by atoms with Crippen LogP contribution in [-0.2, 0) is 0 Å². The molecule has 2 fully saturated rings. The van der Waals surface area contributed by atoms with Gasteiger partial charge in [-0.05, 0) is 49.9 Å². The van der Waals surface area contributed by atoms with Crippen molar-refractivity contribution < 1.29 is 0 Å². The highest BCUT2D eigenvalue weighted by molar-refractivity contribution is 4.90. The van der Waals surface area contributed by atoms with E-state index in [1.54, 1.807) is 0 Å². The predicted molar refractivity (Wildman–Crippen MR) is 70.5 cm³/mol. The number of nitrogens with one attached hydrogen (secondary N) is 1. The maximum absolute atomic E-state index is 3.96. The first kappa shape index (κ1) is 12.4. The van der Waals surface area contributed by atoms with E-state index in [-0.39, 0.29) is 0 Å². The SMILES string of the molecule is CCC1CCC(NC2CCC(CC)C2C)C1. The van der Waals surface area contributed by atoms with E-state index >= 15 is 0 Å². The Morgan fingerprint density at radius 3 is 2.38 bits per heavy atom. The Labute approximate surface area is 101 Å². The van der Waals surface area contributed by atoms with E-state index < -0.39 is 0 Å². The minimum Gasteiger partial charge on any atom is -0.311 e. The second-order valence-electron chi connectivity index (χ2n) is 6.16. The fourth-order valence-electron chi connectivity index (χ4n) is 3.96. The third-order valence-corrected chi connectivity index (χ3v) is 5.32. The Bertz CT molecular complexity index is 213. The minimum absolute atomic E-state index is 0.825. The summed E-state index contributed by atoms with van der Waals surface area (Å²) in [6, 6.07) is 1.67. The molecule has 2 saturated carbocycles. The largest absolute Gasteiger partial charge is 0.311 e. The van der Waals surface area contributed by atoms with Crippen LogP contribution in [0.25, 0.3) is 0 Å². The van der Waals surface area contributed by atoms with Crippen molar-refractivity contribution in [2.75, 3.05) is 0 Å². The molecule has 2 aliphatic rings. The summed E-state index contributed by atoms with van der Waals surface area (Å²) in [5.41, 5.74) is 0. The Balaban J connectivity index is 1.78. The average Bonchev–Trinajstić information content (AvgIpc) is 2.88. The van der Waals surface area contributed by atoms with Crippen molar-refractivity contribution in [3.05, 3.63) is 0 Å². The summed E-state index contributed by atoms with van der Waals surface area (Å²) in [7, 11) is 0. The van der Waals surface area contributed by atoms with Gasteiger partial charge in [-0.3, -0.25) is 0 Å². The van der Waals surface area contributed by atoms with Crippen molar-refractivity contribution >= 4 is 0 Å². The molecule has 5 unspecified atom stereocenters. The van der Waals surface area contributed by atoms with Crippen molar-refractivity contribution in [2.45, 2.75) is 77.8 Å². The van der Waals surface area contributed by atoms with Crippen LogP contribution in [0, 0.1) is 17.8 Å². The summed E-state index contributed by atoms with van der Waals surface area (Å²) >= 11 is 0. The second-order valence-corrected chi connectivity index (χ2v) is 6.16. The molecule has 0 bridgehead atoms. The third-order valence-electron chi connectivity index (χ3n) is 5.32. The molecule has 1 heteroatoms. The van der Waals surface area contributed by atoms with Crippen LogP contribution in [0.5, 0.6) is 0 Å². The van der Waals surface area contributed by atoms with E-state index in [1.807, 2.05) is 0 Å². The van der Waals surface area contributed by atoms with Crippen molar-refractivity contribution in [3.63, 3.8) is 0 Å². The highest BCUT2D eigenvalue weighted by Crippen LogP contribution is 2.36. The molecule has 0 aromatic heterocycles. The number of hydrogen-bond donors (Lipinski definition) is 1. The van der Waals surface area contributed by atoms with Crippen LogP contribution in [0.1, 0.15) is 65.7 Å². The lowest BCUT2D eigenvalue weighted by Crippen LogP contribution is -2.39. The molecule has 2 aliphatic carbocycles. The quantitative estimate of drug-likeness (QED) is 0.760. The molecule has 1 N–H and O–H groups in total. The standard InChI is InChI=1S/C15H29N/c1-4-12-6-8-14(10-12)16-15-9-7-13(5-2)11(15)3/h11-16H,4-10H2,1-3H3. The molecule has 0 aliphatic heterocycles. The molecular weight excluding hydrogens is 194 g/mol. The zero-order valence-corrected chi connectivity index (χ0v) is 11.3. The van der Waals surface area contributed by atoms with Gasteiger partial charge < -0.3 is 5.32 Å². The molecule has 5 atom stereocenters. The van der Waals surface area contributed by atoms with Gasteiger partial charge in [-0.1, -0.05) is 33.6 Å². The Morgan fingerprint density at radius 2 is 1.81 bits per heavy atom. The van der Waals surface area contributed by atoms with Gasteiger partial charge in [-0.15, -0.1) is 0 Å². The van der Waals surface area contributed by atoms with Crippen molar-refractivity contribution in [1.29, 1.82) is 0 Å². The summed E-state index contributed by atoms with van der Waals surface area (Å²) < 4.78 is 0. The molecule has 0 aromatic rings. The molecular formula is C15H29N. The summed E-state index contributed by atoms with van der Waals surface area (Å²) in [6.07, 6.45) is 9.98. The van der Waals surface area contributed by atoms with E-state index in [4.69, 9.17) is 0 Å². The van der Waals surface area contributed by atoms with Crippen molar-refractivity contribution in [2.24, 2.45) is 17.8 Å². The van der Waals surface area contributed by atoms with Gasteiger partial charge in [0.05, 0.1) is 0 Å². The first-order valence-electron chi connectivity index (χ1n) is 7.50. The lowest BCUT2D eigenvalue weighted by molar-refractivity contribution is 0.317. The van der Waals surface area contributed by atoms with Crippen LogP contribution in [0.2, 0.25) is 0 Å². The molecule has 0 radical (unpaired) electrons. The normalized spacial score (nSPS) is 44.1. The predicted octanol–water partition coefficient (Wildman–Crippen LogP) is 3.98. The maximum Gasteiger partial charge on any atom is 0.00980 e. The zero-order valence-electron chi connectivity index (χ0n) is 11.3. The van der Waals surface area contributed by atoms with Crippen LogP contribution in [0.4, 0.5) is 0 Å². The molecule has 94 valence electrons. The average molecular weight is 223 g/mol. The highest BCUT2D eigenvalue weighted by Gasteiger charge is 2.34. The lowest BCUT2D eigenvalue weighted by atomic mass is 9.93. The Hall–Kier alpha value is -0.0400. The van der Waals surface area contributed by atoms with Gasteiger partial charge in [0.15, 0.2) is 0 Å². The summed E-state index contributed by atoms with van der Waals surface area (Å²) in [6.45, 7) is 7.16. The van der Waals surface area contributed by atoms with Gasteiger partial charge in [-0.2, -0.15) is 0 Å². The number of rotatable bonds is 4. The first-order chi connectivity index (χ1) is 7.74. The summed E-state index contributed by atoms with van der Waals surface area (Å²) in [4.78, 5) is 0. The van der Waals surface area contributed by atoms with E-state index in [2.05, 4.69) is 26.1 Å². The van der Waals surface area contributed by atoms with Gasteiger partial charge in [0.1, 0.15) is 0 Å². The maximum atomic E-state index is 3.96. The number of hydrogen-bond acceptors (Lipinski definition) is 1. The van der Waals surface area contributed by atoms with Gasteiger partial charge >= 0.3 is 0 Å². The van der Waals surface area contributed by atoms with Crippen LogP contribution < -0.4 is 5.32 Å². The smallest absolute Gasteiger partial charge is 0.00980 e. The Morgan fingerprint density at radius 1 is 1.00 bits per heavy atom. The van der Waals surface area contributed by atoms with E-state index in [0.29, 0.717) is 0 Å². The van der Waals surface area contributed by atoms with E-state index in [9.17, 15) is 0 Å². The fourth-order valence-corrected chi connectivity index (χ4v) is 3.96. The molecule has 0 saturated heterocycles.